The first-order valence-corrected chi connectivity index (χ1v) is 10.1. The molecule has 32 heavy (non-hydrogen) atoms. The van der Waals surface area contributed by atoms with Crippen LogP contribution in [0.25, 0.3) is 21.9 Å². The zero-order chi connectivity index (χ0) is 22.1. The fourth-order valence-electron chi connectivity index (χ4n) is 3.61. The lowest BCUT2D eigenvalue weighted by molar-refractivity contribution is 0.102. The number of para-hydroxylation sites is 1. The highest BCUT2D eigenvalue weighted by Crippen LogP contribution is 2.23. The van der Waals surface area contributed by atoms with E-state index in [0.29, 0.717) is 28.0 Å². The van der Waals surface area contributed by atoms with Crippen molar-refractivity contribution < 1.29 is 9.59 Å². The van der Waals surface area contributed by atoms with E-state index in [-0.39, 0.29) is 11.8 Å². The summed E-state index contributed by atoms with van der Waals surface area (Å²) in [4.78, 5) is 37.3. The summed E-state index contributed by atoms with van der Waals surface area (Å²) >= 11 is 0. The fraction of sp³-hybridized carbons (Fsp3) is 0.0400. The van der Waals surface area contributed by atoms with Crippen molar-refractivity contribution >= 4 is 45.1 Å². The lowest BCUT2D eigenvalue weighted by Gasteiger charge is -2.12. The normalized spacial score (nSPS) is 10.9. The highest BCUT2D eigenvalue weighted by molar-refractivity contribution is 6.12. The zero-order valence-corrected chi connectivity index (χ0v) is 17.2. The Balaban J connectivity index is 1.38. The Bertz CT molecular complexity index is 1490. The molecule has 0 atom stereocenters. The fourth-order valence-corrected chi connectivity index (χ4v) is 3.61. The largest absolute Gasteiger partial charge is 0.361 e. The van der Waals surface area contributed by atoms with Crippen LogP contribution in [0.1, 0.15) is 26.3 Å². The number of aromatic nitrogens is 3. The number of carbonyl (C=O) groups excluding carboxylic acids is 2. The maximum atomic E-state index is 12.9. The molecule has 5 rings (SSSR count). The summed E-state index contributed by atoms with van der Waals surface area (Å²) in [7, 11) is 0. The number of benzene rings is 3. The van der Waals surface area contributed by atoms with Crippen LogP contribution in [0.4, 0.5) is 11.4 Å². The molecule has 156 valence electrons. The summed E-state index contributed by atoms with van der Waals surface area (Å²) < 4.78 is 0. The van der Waals surface area contributed by atoms with Gasteiger partial charge in [0.1, 0.15) is 0 Å². The number of aromatic amines is 1. The number of nitrogens with one attached hydrogen (secondary N) is 3. The van der Waals surface area contributed by atoms with Crippen LogP contribution in [0.2, 0.25) is 0 Å². The zero-order valence-electron chi connectivity index (χ0n) is 17.2. The lowest BCUT2D eigenvalue weighted by atomic mass is 10.1. The predicted octanol–water partition coefficient (Wildman–Crippen LogP) is 4.92. The van der Waals surface area contributed by atoms with E-state index in [0.717, 1.165) is 22.0 Å². The Labute approximate surface area is 183 Å². The van der Waals surface area contributed by atoms with Crippen LogP contribution in [-0.2, 0) is 0 Å². The topological polar surface area (TPSA) is 99.8 Å². The first-order chi connectivity index (χ1) is 15.6. The van der Waals surface area contributed by atoms with Crippen molar-refractivity contribution in [2.24, 2.45) is 0 Å². The Hall–Kier alpha value is -4.52. The highest BCUT2D eigenvalue weighted by atomic mass is 16.2. The molecular weight excluding hydrogens is 402 g/mol. The van der Waals surface area contributed by atoms with Gasteiger partial charge in [0.05, 0.1) is 22.1 Å². The second kappa shape index (κ2) is 7.96. The van der Waals surface area contributed by atoms with Gasteiger partial charge < -0.3 is 15.6 Å². The number of amides is 2. The number of nitrogens with zero attached hydrogens (tertiary/aromatic N) is 2. The van der Waals surface area contributed by atoms with Crippen molar-refractivity contribution in [1.82, 2.24) is 15.0 Å². The molecule has 2 aromatic heterocycles. The summed E-state index contributed by atoms with van der Waals surface area (Å²) in [6, 6.07) is 18.1. The van der Waals surface area contributed by atoms with Gasteiger partial charge in [-0.25, -0.2) is 0 Å². The summed E-state index contributed by atoms with van der Waals surface area (Å²) in [5, 5.41) is 6.81. The van der Waals surface area contributed by atoms with E-state index < -0.39 is 0 Å². The third kappa shape index (κ3) is 3.67. The van der Waals surface area contributed by atoms with Crippen LogP contribution in [0.15, 0.2) is 79.3 Å². The van der Waals surface area contributed by atoms with Crippen LogP contribution in [0.3, 0.4) is 0 Å². The molecule has 0 unspecified atom stereocenters. The molecule has 5 aromatic rings. The molecule has 7 heteroatoms. The van der Waals surface area contributed by atoms with Gasteiger partial charge in [-0.05, 0) is 55.0 Å². The van der Waals surface area contributed by atoms with E-state index in [1.165, 1.54) is 0 Å². The SMILES string of the molecule is Cc1ccc(NC(=O)c2cccc3cc[nH]c23)cc1NC(=O)c1ccc2nccnc2c1. The summed E-state index contributed by atoms with van der Waals surface area (Å²) in [6.07, 6.45) is 5.01. The van der Waals surface area contributed by atoms with E-state index in [1.54, 1.807) is 48.9 Å². The van der Waals surface area contributed by atoms with Crippen molar-refractivity contribution in [3.63, 3.8) is 0 Å². The molecule has 0 saturated carbocycles. The molecule has 3 N–H and O–H groups in total. The van der Waals surface area contributed by atoms with Crippen LogP contribution in [0, 0.1) is 6.92 Å². The van der Waals surface area contributed by atoms with Gasteiger partial charge in [0.2, 0.25) is 0 Å². The highest BCUT2D eigenvalue weighted by Gasteiger charge is 2.13. The molecular formula is C25H19N5O2. The van der Waals surface area contributed by atoms with Crippen molar-refractivity contribution in [1.29, 1.82) is 0 Å². The van der Waals surface area contributed by atoms with E-state index in [2.05, 4.69) is 25.6 Å². The number of carbonyl (C=O) groups is 2. The monoisotopic (exact) mass is 421 g/mol. The van der Waals surface area contributed by atoms with Crippen molar-refractivity contribution in [2.75, 3.05) is 10.6 Å². The lowest BCUT2D eigenvalue weighted by Crippen LogP contribution is -2.15. The third-order valence-corrected chi connectivity index (χ3v) is 5.31. The van der Waals surface area contributed by atoms with Crippen molar-refractivity contribution in [2.45, 2.75) is 6.92 Å². The molecule has 0 spiro atoms. The predicted molar refractivity (Wildman–Crippen MR) is 125 cm³/mol. The van der Waals surface area contributed by atoms with Crippen LogP contribution in [0.5, 0.6) is 0 Å². The summed E-state index contributed by atoms with van der Waals surface area (Å²) in [5.41, 5.74) is 5.27. The van der Waals surface area contributed by atoms with Gasteiger partial charge in [-0.3, -0.25) is 19.6 Å². The maximum Gasteiger partial charge on any atom is 0.257 e. The average Bonchev–Trinajstić information content (AvgIpc) is 3.30. The number of H-pyrrole nitrogens is 1. The number of anilines is 2. The molecule has 0 aliphatic carbocycles. The van der Waals surface area contributed by atoms with Crippen LogP contribution >= 0.6 is 0 Å². The van der Waals surface area contributed by atoms with Gasteiger partial charge in [-0.15, -0.1) is 0 Å². The van der Waals surface area contributed by atoms with E-state index in [1.807, 2.05) is 37.3 Å². The summed E-state index contributed by atoms with van der Waals surface area (Å²) in [6.45, 7) is 1.90. The van der Waals surface area contributed by atoms with Crippen molar-refractivity contribution in [3.8, 4) is 0 Å². The third-order valence-electron chi connectivity index (χ3n) is 5.31. The Morgan fingerprint density at radius 2 is 1.69 bits per heavy atom. The molecule has 2 heterocycles. The summed E-state index contributed by atoms with van der Waals surface area (Å²) in [5.74, 6) is -0.493. The Kier molecular flexibility index (Phi) is 4.84. The van der Waals surface area contributed by atoms with Gasteiger partial charge in [0.25, 0.3) is 11.8 Å². The smallest absolute Gasteiger partial charge is 0.257 e. The van der Waals surface area contributed by atoms with Gasteiger partial charge >= 0.3 is 0 Å². The minimum Gasteiger partial charge on any atom is -0.361 e. The Morgan fingerprint density at radius 3 is 2.56 bits per heavy atom. The van der Waals surface area contributed by atoms with E-state index in [4.69, 9.17) is 0 Å². The molecule has 7 nitrogen and oxygen atoms in total. The molecule has 0 bridgehead atoms. The minimum absolute atomic E-state index is 0.229. The second-order valence-corrected chi connectivity index (χ2v) is 7.45. The number of rotatable bonds is 4. The number of fused-ring (bicyclic) bond motifs is 2. The molecule has 0 radical (unpaired) electrons. The molecule has 3 aromatic carbocycles. The standard InChI is InChI=1S/C25H19N5O2/c1-15-5-7-18(29-25(32)19-4-2-3-16-9-10-28-23(16)19)14-21(15)30-24(31)17-6-8-20-22(13-17)27-12-11-26-20/h2-14,28H,1H3,(H,29,32)(H,30,31). The first-order valence-electron chi connectivity index (χ1n) is 10.1. The number of hydrogen-bond donors (Lipinski definition) is 3. The first kappa shape index (κ1) is 19.4. The maximum absolute atomic E-state index is 12.9. The van der Waals surface area contributed by atoms with E-state index >= 15 is 0 Å². The number of aryl methyl sites for hydroxylation is 1. The quantitative estimate of drug-likeness (QED) is 0.383. The van der Waals surface area contributed by atoms with Gasteiger partial charge in [0, 0.05) is 40.9 Å². The van der Waals surface area contributed by atoms with Gasteiger partial charge in [0.15, 0.2) is 0 Å². The average molecular weight is 421 g/mol. The van der Waals surface area contributed by atoms with Gasteiger partial charge in [-0.1, -0.05) is 18.2 Å². The number of hydrogen-bond acceptors (Lipinski definition) is 4. The Morgan fingerprint density at radius 1 is 0.844 bits per heavy atom. The molecule has 0 aliphatic rings. The van der Waals surface area contributed by atoms with Crippen LogP contribution < -0.4 is 10.6 Å². The molecule has 0 aliphatic heterocycles. The van der Waals surface area contributed by atoms with Gasteiger partial charge in [-0.2, -0.15) is 0 Å². The molecule has 0 saturated heterocycles. The van der Waals surface area contributed by atoms with E-state index in [9.17, 15) is 9.59 Å². The van der Waals surface area contributed by atoms with Crippen LogP contribution in [-0.4, -0.2) is 26.8 Å². The molecule has 0 fully saturated rings. The van der Waals surface area contributed by atoms with Crippen molar-refractivity contribution in [3.05, 3.63) is 95.9 Å². The molecule has 2 amide bonds. The second-order valence-electron chi connectivity index (χ2n) is 7.45. The minimum atomic E-state index is -0.264.